The summed E-state index contributed by atoms with van der Waals surface area (Å²) in [7, 11) is 1.48. The maximum atomic E-state index is 12.4. The van der Waals surface area contributed by atoms with Gasteiger partial charge in [-0.3, -0.25) is 4.79 Å². The number of anilines is 2. The van der Waals surface area contributed by atoms with E-state index in [4.69, 9.17) is 16.3 Å². The lowest BCUT2D eigenvalue weighted by atomic mass is 10.3. The van der Waals surface area contributed by atoms with Crippen LogP contribution in [-0.4, -0.2) is 31.5 Å². The summed E-state index contributed by atoms with van der Waals surface area (Å²) < 4.78 is 42.2. The van der Waals surface area contributed by atoms with E-state index >= 15 is 0 Å². The maximum absolute atomic E-state index is 12.4. The van der Waals surface area contributed by atoms with Crippen LogP contribution in [0.15, 0.2) is 47.4 Å². The minimum Gasteiger partial charge on any atom is -0.495 e. The van der Waals surface area contributed by atoms with Crippen LogP contribution in [0.3, 0.4) is 0 Å². The molecule has 0 aliphatic rings. The Morgan fingerprint density at radius 3 is 2.62 bits per heavy atom. The molecule has 0 aliphatic carbocycles. The second-order valence-corrected chi connectivity index (χ2v) is 6.58. The highest BCUT2D eigenvalue weighted by atomic mass is 35.5. The van der Waals surface area contributed by atoms with E-state index in [1.54, 1.807) is 42.5 Å². The normalized spacial score (nSPS) is 11.1. The Bertz CT molecular complexity index is 772. The van der Waals surface area contributed by atoms with E-state index in [9.17, 15) is 18.0 Å². The van der Waals surface area contributed by atoms with Crippen molar-refractivity contribution >= 4 is 40.6 Å². The van der Waals surface area contributed by atoms with Crippen molar-refractivity contribution in [3.8, 4) is 5.75 Å². The highest BCUT2D eigenvalue weighted by molar-refractivity contribution is 7.99. The number of halogens is 4. The van der Waals surface area contributed by atoms with Gasteiger partial charge in [0.05, 0.1) is 24.4 Å². The van der Waals surface area contributed by atoms with Gasteiger partial charge >= 0.3 is 6.18 Å². The molecule has 0 unspecified atom stereocenters. The molecule has 0 heterocycles. The van der Waals surface area contributed by atoms with Crippen LogP contribution in [0.1, 0.15) is 0 Å². The molecule has 0 saturated heterocycles. The van der Waals surface area contributed by atoms with Crippen LogP contribution in [0.5, 0.6) is 5.75 Å². The first kappa shape index (κ1) is 20.3. The fraction of sp³-hybridized carbons (Fsp3) is 0.235. The second kappa shape index (κ2) is 9.05. The summed E-state index contributed by atoms with van der Waals surface area (Å²) in [5.41, 5.74) is 0.951. The topological polar surface area (TPSA) is 50.4 Å². The van der Waals surface area contributed by atoms with Gasteiger partial charge in [-0.2, -0.15) is 13.2 Å². The molecule has 0 radical (unpaired) electrons. The van der Waals surface area contributed by atoms with Crippen LogP contribution in [0, 0.1) is 0 Å². The van der Waals surface area contributed by atoms with Gasteiger partial charge in [0.1, 0.15) is 5.75 Å². The van der Waals surface area contributed by atoms with E-state index in [2.05, 4.69) is 10.6 Å². The molecule has 0 bridgehead atoms. The third kappa shape index (κ3) is 6.34. The monoisotopic (exact) mass is 404 g/mol. The van der Waals surface area contributed by atoms with Gasteiger partial charge in [0.15, 0.2) is 0 Å². The fourth-order valence-corrected chi connectivity index (χ4v) is 3.07. The molecule has 1 amide bonds. The molecule has 140 valence electrons. The Balaban J connectivity index is 1.94. The number of ether oxygens (including phenoxy) is 1. The minimum absolute atomic E-state index is 0.104. The lowest BCUT2D eigenvalue weighted by Crippen LogP contribution is -2.22. The first-order valence-electron chi connectivity index (χ1n) is 7.44. The lowest BCUT2D eigenvalue weighted by Gasteiger charge is -2.13. The first-order chi connectivity index (χ1) is 12.3. The highest BCUT2D eigenvalue weighted by Gasteiger charge is 2.27. The van der Waals surface area contributed by atoms with Crippen LogP contribution < -0.4 is 15.4 Å². The molecule has 26 heavy (non-hydrogen) atoms. The Hall–Kier alpha value is -2.06. The molecule has 0 fully saturated rings. The van der Waals surface area contributed by atoms with Crippen molar-refractivity contribution in [1.29, 1.82) is 0 Å². The highest BCUT2D eigenvalue weighted by Crippen LogP contribution is 2.32. The van der Waals surface area contributed by atoms with Crippen LogP contribution in [0.4, 0.5) is 24.5 Å². The standard InChI is InChI=1S/C17H16ClF3N2O2S/c1-25-14-7-6-11(8-12(14)18)23-16(24)9-22-13-4-2-3-5-15(13)26-10-17(19,20)21/h2-8,22H,9-10H2,1H3,(H,23,24). The van der Waals surface area contributed by atoms with Gasteiger partial charge in [-0.15, -0.1) is 11.8 Å². The van der Waals surface area contributed by atoms with E-state index in [1.807, 2.05) is 0 Å². The summed E-state index contributed by atoms with van der Waals surface area (Å²) in [5.74, 6) is -0.873. The third-order valence-corrected chi connectivity index (χ3v) is 4.59. The molecule has 2 rings (SSSR count). The molecule has 9 heteroatoms. The van der Waals surface area contributed by atoms with Gasteiger partial charge in [-0.05, 0) is 30.3 Å². The van der Waals surface area contributed by atoms with Crippen LogP contribution in [-0.2, 0) is 4.79 Å². The van der Waals surface area contributed by atoms with Crippen LogP contribution in [0.25, 0.3) is 0 Å². The molecule has 4 nitrogen and oxygen atoms in total. The SMILES string of the molecule is COc1ccc(NC(=O)CNc2ccccc2SCC(F)(F)F)cc1Cl. The summed E-state index contributed by atoms with van der Waals surface area (Å²) in [6.07, 6.45) is -4.26. The number of hydrogen-bond donors (Lipinski definition) is 2. The Morgan fingerprint density at radius 1 is 1.23 bits per heavy atom. The number of rotatable bonds is 7. The van der Waals surface area contributed by atoms with Gasteiger partial charge < -0.3 is 15.4 Å². The molecular formula is C17H16ClF3N2O2S. The summed E-state index contributed by atoms with van der Waals surface area (Å²) in [6, 6.07) is 11.3. The number of amides is 1. The number of benzene rings is 2. The number of para-hydroxylation sites is 1. The second-order valence-electron chi connectivity index (χ2n) is 5.15. The summed E-state index contributed by atoms with van der Waals surface area (Å²) >= 11 is 6.66. The number of nitrogens with one attached hydrogen (secondary N) is 2. The molecule has 0 aliphatic heterocycles. The van der Waals surface area contributed by atoms with Gasteiger partial charge in [-0.25, -0.2) is 0 Å². The zero-order chi connectivity index (χ0) is 19.2. The first-order valence-corrected chi connectivity index (χ1v) is 8.80. The van der Waals surface area contributed by atoms with Crippen molar-refractivity contribution in [2.75, 3.05) is 30.0 Å². The minimum atomic E-state index is -4.26. The smallest absolute Gasteiger partial charge is 0.398 e. The number of alkyl halides is 3. The molecular weight excluding hydrogens is 389 g/mol. The van der Waals surface area contributed by atoms with Crippen molar-refractivity contribution in [3.63, 3.8) is 0 Å². The van der Waals surface area contributed by atoms with Crippen LogP contribution in [0.2, 0.25) is 5.02 Å². The summed E-state index contributed by atoms with van der Waals surface area (Å²) in [6.45, 7) is -0.104. The Morgan fingerprint density at radius 2 is 1.96 bits per heavy atom. The third-order valence-electron chi connectivity index (χ3n) is 3.15. The zero-order valence-corrected chi connectivity index (χ0v) is 15.3. The largest absolute Gasteiger partial charge is 0.495 e. The molecule has 2 aromatic carbocycles. The lowest BCUT2D eigenvalue weighted by molar-refractivity contribution is -0.114. The number of hydrogen-bond acceptors (Lipinski definition) is 4. The predicted molar refractivity (Wildman–Crippen MR) is 98.3 cm³/mol. The quantitative estimate of drug-likeness (QED) is 0.634. The molecule has 0 atom stereocenters. The van der Waals surface area contributed by atoms with E-state index in [-0.39, 0.29) is 12.5 Å². The summed E-state index contributed by atoms with van der Waals surface area (Å²) in [5, 5.41) is 5.85. The fourth-order valence-electron chi connectivity index (χ4n) is 2.02. The number of carbonyl (C=O) groups is 1. The van der Waals surface area contributed by atoms with Crippen LogP contribution >= 0.6 is 23.4 Å². The van der Waals surface area contributed by atoms with Gasteiger partial charge in [-0.1, -0.05) is 23.7 Å². The Labute approximate surface area is 158 Å². The van der Waals surface area contributed by atoms with E-state index in [0.29, 0.717) is 38.8 Å². The van der Waals surface area contributed by atoms with E-state index in [1.165, 1.54) is 7.11 Å². The number of thioether (sulfide) groups is 1. The molecule has 2 N–H and O–H groups in total. The maximum Gasteiger partial charge on any atom is 0.398 e. The number of methoxy groups -OCH3 is 1. The summed E-state index contributed by atoms with van der Waals surface area (Å²) in [4.78, 5) is 12.5. The van der Waals surface area contributed by atoms with Crippen molar-refractivity contribution in [1.82, 2.24) is 0 Å². The van der Waals surface area contributed by atoms with Crippen molar-refractivity contribution in [2.24, 2.45) is 0 Å². The molecule has 0 aromatic heterocycles. The molecule has 0 spiro atoms. The van der Waals surface area contributed by atoms with Gasteiger partial charge in [0, 0.05) is 16.3 Å². The average Bonchev–Trinajstić information content (AvgIpc) is 2.58. The van der Waals surface area contributed by atoms with E-state index in [0.717, 1.165) is 0 Å². The predicted octanol–water partition coefficient (Wildman–Crippen LogP) is 5.05. The van der Waals surface area contributed by atoms with Crippen molar-refractivity contribution in [2.45, 2.75) is 11.1 Å². The van der Waals surface area contributed by atoms with Crippen molar-refractivity contribution in [3.05, 3.63) is 47.5 Å². The van der Waals surface area contributed by atoms with Crippen molar-refractivity contribution < 1.29 is 22.7 Å². The van der Waals surface area contributed by atoms with Gasteiger partial charge in [0.25, 0.3) is 0 Å². The molecule has 0 saturated carbocycles. The zero-order valence-electron chi connectivity index (χ0n) is 13.7. The number of carbonyl (C=O) groups excluding carboxylic acids is 1. The average molecular weight is 405 g/mol. The van der Waals surface area contributed by atoms with Gasteiger partial charge in [0.2, 0.25) is 5.91 Å². The molecule has 2 aromatic rings. The van der Waals surface area contributed by atoms with E-state index < -0.39 is 11.9 Å². The Kier molecular flexibility index (Phi) is 7.05.